The summed E-state index contributed by atoms with van der Waals surface area (Å²) < 4.78 is 0.901. The molecule has 0 aromatic carbocycles. The Labute approximate surface area is 84.4 Å². The highest BCUT2D eigenvalue weighted by Gasteiger charge is 2.06. The Morgan fingerprint density at radius 1 is 1.46 bits per heavy atom. The number of nitrogens with one attached hydrogen (secondary N) is 1. The zero-order valence-electron chi connectivity index (χ0n) is 7.08. The molecule has 3 nitrogen and oxygen atoms in total. The van der Waals surface area contributed by atoms with E-state index in [0.29, 0.717) is 0 Å². The second-order valence-corrected chi connectivity index (χ2v) is 3.52. The Balaban J connectivity index is 2.53. The van der Waals surface area contributed by atoms with Crippen LogP contribution >= 0.6 is 15.9 Å². The highest BCUT2D eigenvalue weighted by atomic mass is 79.9. The first-order valence-electron chi connectivity index (χ1n) is 3.90. The molecule has 0 radical (unpaired) electrons. The van der Waals surface area contributed by atoms with Crippen molar-refractivity contribution in [3.63, 3.8) is 0 Å². The number of aromatic nitrogens is 3. The van der Waals surface area contributed by atoms with E-state index in [2.05, 4.69) is 30.9 Å². The maximum absolute atomic E-state index is 4.34. The molecule has 0 saturated carbocycles. The van der Waals surface area contributed by atoms with Gasteiger partial charge in [0.25, 0.3) is 0 Å². The Morgan fingerprint density at radius 2 is 2.31 bits per heavy atom. The smallest absolute Gasteiger partial charge is 0.110 e. The number of H-pyrrole nitrogens is 1. The second kappa shape index (κ2) is 3.30. The summed E-state index contributed by atoms with van der Waals surface area (Å²) in [6.45, 7) is 1.92. The van der Waals surface area contributed by atoms with Gasteiger partial charge in [-0.25, -0.2) is 4.98 Å². The Hall–Kier alpha value is -1.16. The molecule has 2 aromatic rings. The van der Waals surface area contributed by atoms with Gasteiger partial charge in [0.05, 0.1) is 0 Å². The van der Waals surface area contributed by atoms with Crippen molar-refractivity contribution in [1.29, 1.82) is 0 Å². The number of nitrogens with zero attached hydrogens (tertiary/aromatic N) is 2. The van der Waals surface area contributed by atoms with E-state index < -0.39 is 0 Å². The van der Waals surface area contributed by atoms with Gasteiger partial charge in [-0.3, -0.25) is 4.98 Å². The van der Waals surface area contributed by atoms with Crippen molar-refractivity contribution in [2.45, 2.75) is 6.92 Å². The van der Waals surface area contributed by atoms with Crippen molar-refractivity contribution in [2.24, 2.45) is 0 Å². The summed E-state index contributed by atoms with van der Waals surface area (Å²) in [7, 11) is 0. The van der Waals surface area contributed by atoms with Crippen molar-refractivity contribution in [2.75, 3.05) is 0 Å². The van der Waals surface area contributed by atoms with Crippen LogP contribution in [0.4, 0.5) is 0 Å². The van der Waals surface area contributed by atoms with Crippen molar-refractivity contribution in [1.82, 2.24) is 15.0 Å². The average Bonchev–Trinajstić information content (AvgIpc) is 2.47. The predicted molar refractivity (Wildman–Crippen MR) is 54.3 cm³/mol. The van der Waals surface area contributed by atoms with Crippen LogP contribution < -0.4 is 0 Å². The normalized spacial score (nSPS) is 10.3. The molecule has 0 unspecified atom stereocenters. The van der Waals surface area contributed by atoms with Crippen LogP contribution in [0.25, 0.3) is 11.3 Å². The molecule has 4 heteroatoms. The van der Waals surface area contributed by atoms with Crippen LogP contribution in [0.5, 0.6) is 0 Å². The quantitative estimate of drug-likeness (QED) is 0.829. The van der Waals surface area contributed by atoms with Crippen LogP contribution in [0, 0.1) is 6.92 Å². The van der Waals surface area contributed by atoms with Crippen LogP contribution in [0.3, 0.4) is 0 Å². The molecule has 13 heavy (non-hydrogen) atoms. The summed E-state index contributed by atoms with van der Waals surface area (Å²) >= 11 is 3.41. The SMILES string of the molecule is Cc1nc(-c2cccnc2)c(Br)[nH]1. The van der Waals surface area contributed by atoms with Crippen LogP contribution in [-0.4, -0.2) is 15.0 Å². The van der Waals surface area contributed by atoms with Crippen molar-refractivity contribution in [3.05, 3.63) is 35.0 Å². The Bertz CT molecular complexity index is 408. The predicted octanol–water partition coefficient (Wildman–Crippen LogP) is 2.54. The minimum Gasteiger partial charge on any atom is -0.336 e. The number of hydrogen-bond acceptors (Lipinski definition) is 2. The average molecular weight is 238 g/mol. The lowest BCUT2D eigenvalue weighted by Crippen LogP contribution is -1.79. The number of aromatic amines is 1. The van der Waals surface area contributed by atoms with Gasteiger partial charge in [0.2, 0.25) is 0 Å². The van der Waals surface area contributed by atoms with Crippen molar-refractivity contribution in [3.8, 4) is 11.3 Å². The second-order valence-electron chi connectivity index (χ2n) is 2.73. The van der Waals surface area contributed by atoms with Crippen molar-refractivity contribution < 1.29 is 0 Å². The number of halogens is 1. The van der Waals surface area contributed by atoms with Gasteiger partial charge < -0.3 is 4.98 Å². The van der Waals surface area contributed by atoms with Gasteiger partial charge in [0, 0.05) is 18.0 Å². The monoisotopic (exact) mass is 237 g/mol. The van der Waals surface area contributed by atoms with Gasteiger partial charge in [0.15, 0.2) is 0 Å². The molecule has 0 fully saturated rings. The van der Waals surface area contributed by atoms with Crippen LogP contribution in [0.1, 0.15) is 5.82 Å². The Kier molecular flexibility index (Phi) is 2.14. The lowest BCUT2D eigenvalue weighted by molar-refractivity contribution is 1.14. The standard InChI is InChI=1S/C9H8BrN3/c1-6-12-8(9(10)13-6)7-3-2-4-11-5-7/h2-5H,1H3,(H,12,13). The van der Waals surface area contributed by atoms with E-state index in [1.54, 1.807) is 12.4 Å². The van der Waals surface area contributed by atoms with Gasteiger partial charge in [-0.05, 0) is 35.0 Å². The summed E-state index contributed by atoms with van der Waals surface area (Å²) in [5, 5.41) is 0. The fraction of sp³-hybridized carbons (Fsp3) is 0.111. The minimum atomic E-state index is 0.894. The molecule has 0 saturated heterocycles. The van der Waals surface area contributed by atoms with Gasteiger partial charge in [-0.1, -0.05) is 0 Å². The number of rotatable bonds is 1. The topological polar surface area (TPSA) is 41.6 Å². The molecule has 0 aliphatic carbocycles. The largest absolute Gasteiger partial charge is 0.336 e. The maximum Gasteiger partial charge on any atom is 0.110 e. The van der Waals surface area contributed by atoms with Gasteiger partial charge in [-0.2, -0.15) is 0 Å². The van der Waals surface area contributed by atoms with Gasteiger partial charge >= 0.3 is 0 Å². The number of imidazole rings is 1. The van der Waals surface area contributed by atoms with E-state index in [0.717, 1.165) is 21.7 Å². The molecule has 0 atom stereocenters. The van der Waals surface area contributed by atoms with E-state index in [-0.39, 0.29) is 0 Å². The third-order valence-electron chi connectivity index (χ3n) is 1.71. The molecule has 2 heterocycles. The van der Waals surface area contributed by atoms with E-state index in [1.807, 2.05) is 19.1 Å². The minimum absolute atomic E-state index is 0.894. The third kappa shape index (κ3) is 1.62. The molecule has 0 spiro atoms. The van der Waals surface area contributed by atoms with Crippen molar-refractivity contribution >= 4 is 15.9 Å². The zero-order chi connectivity index (χ0) is 9.26. The molecule has 2 aromatic heterocycles. The third-order valence-corrected chi connectivity index (χ3v) is 2.29. The Morgan fingerprint density at radius 3 is 2.85 bits per heavy atom. The number of pyridine rings is 1. The molecule has 0 bridgehead atoms. The van der Waals surface area contributed by atoms with Crippen LogP contribution in [0.2, 0.25) is 0 Å². The lowest BCUT2D eigenvalue weighted by Gasteiger charge is -1.94. The highest BCUT2D eigenvalue weighted by molar-refractivity contribution is 9.10. The molecule has 1 N–H and O–H groups in total. The molecule has 0 amide bonds. The fourth-order valence-corrected chi connectivity index (χ4v) is 1.76. The highest BCUT2D eigenvalue weighted by Crippen LogP contribution is 2.24. The van der Waals surface area contributed by atoms with E-state index >= 15 is 0 Å². The van der Waals surface area contributed by atoms with E-state index in [1.165, 1.54) is 0 Å². The maximum atomic E-state index is 4.34. The summed E-state index contributed by atoms with van der Waals surface area (Å²) in [6.07, 6.45) is 3.54. The first kappa shape index (κ1) is 8.44. The molecular formula is C9H8BrN3. The molecule has 0 aliphatic heterocycles. The first-order chi connectivity index (χ1) is 6.27. The summed E-state index contributed by atoms with van der Waals surface area (Å²) in [6, 6.07) is 3.87. The number of aryl methyl sites for hydroxylation is 1. The lowest BCUT2D eigenvalue weighted by atomic mass is 10.2. The molecule has 66 valence electrons. The summed E-state index contributed by atoms with van der Waals surface area (Å²) in [5.41, 5.74) is 1.92. The van der Waals surface area contributed by atoms with E-state index in [4.69, 9.17) is 0 Å². The summed E-state index contributed by atoms with van der Waals surface area (Å²) in [4.78, 5) is 11.5. The summed E-state index contributed by atoms with van der Waals surface area (Å²) in [5.74, 6) is 0.894. The van der Waals surface area contributed by atoms with E-state index in [9.17, 15) is 0 Å². The zero-order valence-corrected chi connectivity index (χ0v) is 8.67. The fourth-order valence-electron chi connectivity index (χ4n) is 1.16. The first-order valence-corrected chi connectivity index (χ1v) is 4.69. The molecule has 2 rings (SSSR count). The molecule has 0 aliphatic rings. The van der Waals surface area contributed by atoms with Gasteiger partial charge in [0.1, 0.15) is 16.1 Å². The molecular weight excluding hydrogens is 230 g/mol. The van der Waals surface area contributed by atoms with Crippen LogP contribution in [-0.2, 0) is 0 Å². The van der Waals surface area contributed by atoms with Crippen LogP contribution in [0.15, 0.2) is 29.1 Å². The number of hydrogen-bond donors (Lipinski definition) is 1. The van der Waals surface area contributed by atoms with Gasteiger partial charge in [-0.15, -0.1) is 0 Å².